The van der Waals surface area contributed by atoms with E-state index in [0.717, 1.165) is 10.9 Å². The summed E-state index contributed by atoms with van der Waals surface area (Å²) in [5, 5.41) is 3.94. The molecule has 0 atom stereocenters. The Hall–Kier alpha value is -2.51. The van der Waals surface area contributed by atoms with Crippen LogP contribution in [-0.4, -0.2) is 44.7 Å². The molecule has 2 aromatic rings. The normalized spacial score (nSPS) is 10.4. The van der Waals surface area contributed by atoms with Gasteiger partial charge in [0.25, 0.3) is 5.91 Å². The number of hydrogen-bond donors (Lipinski definition) is 1. The second kappa shape index (κ2) is 4.40. The van der Waals surface area contributed by atoms with Crippen molar-refractivity contribution >= 4 is 11.9 Å². The van der Waals surface area contributed by atoms with Crippen molar-refractivity contribution < 1.29 is 9.18 Å². The number of halogens is 1. The highest BCUT2D eigenvalue weighted by Crippen LogP contribution is 2.10. The first-order valence-electron chi connectivity index (χ1n) is 5.04. The van der Waals surface area contributed by atoms with Crippen LogP contribution in [0.3, 0.4) is 0 Å². The lowest BCUT2D eigenvalue weighted by molar-refractivity contribution is 0.0821. The Kier molecular flexibility index (Phi) is 2.92. The van der Waals surface area contributed by atoms with Crippen LogP contribution in [-0.2, 0) is 0 Å². The summed E-state index contributed by atoms with van der Waals surface area (Å²) in [5.41, 5.74) is 5.57. The smallest absolute Gasteiger partial charge is 0.273 e. The Morgan fingerprint density at radius 3 is 2.89 bits per heavy atom. The summed E-state index contributed by atoms with van der Waals surface area (Å²) in [7, 11) is 3.20. The molecule has 0 fully saturated rings. The van der Waals surface area contributed by atoms with Crippen LogP contribution in [0.1, 0.15) is 10.5 Å². The number of aromatic nitrogens is 4. The fourth-order valence-electron chi connectivity index (χ4n) is 1.32. The van der Waals surface area contributed by atoms with Crippen LogP contribution >= 0.6 is 0 Å². The molecule has 2 heterocycles. The van der Waals surface area contributed by atoms with Gasteiger partial charge in [0.1, 0.15) is 0 Å². The summed E-state index contributed by atoms with van der Waals surface area (Å²) in [6.07, 6.45) is 2.38. The second-order valence-corrected chi connectivity index (χ2v) is 3.74. The van der Waals surface area contributed by atoms with E-state index in [1.54, 1.807) is 14.1 Å². The largest absolute Gasteiger partial charge is 0.368 e. The van der Waals surface area contributed by atoms with Gasteiger partial charge < -0.3 is 10.6 Å². The van der Waals surface area contributed by atoms with Gasteiger partial charge in [-0.25, -0.2) is 14.1 Å². The molecule has 1 amide bonds. The molecule has 0 aromatic carbocycles. The van der Waals surface area contributed by atoms with Crippen LogP contribution in [0.25, 0.3) is 5.82 Å². The third-order valence-corrected chi connectivity index (χ3v) is 2.18. The predicted molar refractivity (Wildman–Crippen MR) is 61.5 cm³/mol. The monoisotopic (exact) mass is 250 g/mol. The van der Waals surface area contributed by atoms with E-state index in [1.807, 2.05) is 0 Å². The van der Waals surface area contributed by atoms with E-state index in [-0.39, 0.29) is 23.4 Å². The van der Waals surface area contributed by atoms with E-state index in [9.17, 15) is 9.18 Å². The quantitative estimate of drug-likeness (QED) is 0.815. The van der Waals surface area contributed by atoms with E-state index < -0.39 is 5.82 Å². The topological polar surface area (TPSA) is 89.9 Å². The fraction of sp³-hybridized carbons (Fsp3) is 0.200. The minimum absolute atomic E-state index is 0.0672. The molecule has 0 spiro atoms. The average Bonchev–Trinajstić information content (AvgIpc) is 2.80. The molecule has 0 saturated heterocycles. The van der Waals surface area contributed by atoms with Gasteiger partial charge >= 0.3 is 0 Å². The summed E-state index contributed by atoms with van der Waals surface area (Å²) < 4.78 is 14.6. The SMILES string of the molecule is CN(C)C(=O)c1ccn(-c2nc(N)ncc2F)n1. The van der Waals surface area contributed by atoms with Gasteiger partial charge in [0.15, 0.2) is 17.3 Å². The molecular weight excluding hydrogens is 239 g/mol. The van der Waals surface area contributed by atoms with E-state index >= 15 is 0 Å². The summed E-state index contributed by atoms with van der Waals surface area (Å²) in [4.78, 5) is 20.3. The maximum absolute atomic E-state index is 13.5. The summed E-state index contributed by atoms with van der Waals surface area (Å²) in [6.45, 7) is 0. The van der Waals surface area contributed by atoms with Crippen LogP contribution in [0.15, 0.2) is 18.5 Å². The van der Waals surface area contributed by atoms with Gasteiger partial charge in [-0.2, -0.15) is 10.1 Å². The molecule has 0 unspecified atom stereocenters. The van der Waals surface area contributed by atoms with Gasteiger partial charge in [-0.05, 0) is 6.07 Å². The first-order valence-corrected chi connectivity index (χ1v) is 5.04. The number of anilines is 1. The third kappa shape index (κ3) is 2.12. The molecule has 0 aliphatic heterocycles. The minimum atomic E-state index is -0.670. The van der Waals surface area contributed by atoms with Crippen LogP contribution in [0, 0.1) is 5.82 Å². The van der Waals surface area contributed by atoms with E-state index in [4.69, 9.17) is 5.73 Å². The van der Waals surface area contributed by atoms with Gasteiger partial charge in [0.2, 0.25) is 5.95 Å². The zero-order chi connectivity index (χ0) is 13.3. The zero-order valence-electron chi connectivity index (χ0n) is 9.83. The zero-order valence-corrected chi connectivity index (χ0v) is 9.83. The van der Waals surface area contributed by atoms with Gasteiger partial charge in [0.05, 0.1) is 6.20 Å². The number of hydrogen-bond acceptors (Lipinski definition) is 5. The number of nitrogen functional groups attached to an aromatic ring is 1. The summed E-state index contributed by atoms with van der Waals surface area (Å²) in [6, 6.07) is 1.47. The molecule has 94 valence electrons. The molecule has 0 bridgehead atoms. The molecule has 2 N–H and O–H groups in total. The highest BCUT2D eigenvalue weighted by atomic mass is 19.1. The highest BCUT2D eigenvalue weighted by molar-refractivity contribution is 5.91. The summed E-state index contributed by atoms with van der Waals surface area (Å²) >= 11 is 0. The number of amides is 1. The van der Waals surface area contributed by atoms with Crippen LogP contribution in [0.2, 0.25) is 0 Å². The Balaban J connectivity index is 2.41. The average molecular weight is 250 g/mol. The van der Waals surface area contributed by atoms with Crippen LogP contribution in [0.4, 0.5) is 10.3 Å². The van der Waals surface area contributed by atoms with Crippen molar-refractivity contribution in [2.24, 2.45) is 0 Å². The lowest BCUT2D eigenvalue weighted by atomic mass is 10.4. The molecule has 0 radical (unpaired) electrons. The molecule has 0 aliphatic carbocycles. The third-order valence-electron chi connectivity index (χ3n) is 2.18. The molecular formula is C10H11FN6O. The predicted octanol–water partition coefficient (Wildman–Crippen LogP) is 0.0854. The van der Waals surface area contributed by atoms with Gasteiger partial charge in [-0.15, -0.1) is 0 Å². The molecule has 2 aromatic heterocycles. The molecule has 0 aliphatic rings. The van der Waals surface area contributed by atoms with Crippen molar-refractivity contribution in [3.05, 3.63) is 30.0 Å². The van der Waals surface area contributed by atoms with Crippen molar-refractivity contribution in [3.8, 4) is 5.82 Å². The van der Waals surface area contributed by atoms with E-state index in [0.29, 0.717) is 0 Å². The first-order chi connectivity index (χ1) is 8.49. The van der Waals surface area contributed by atoms with Gasteiger partial charge in [0, 0.05) is 20.3 Å². The molecule has 7 nitrogen and oxygen atoms in total. The van der Waals surface area contributed by atoms with Crippen LogP contribution < -0.4 is 5.73 Å². The number of nitrogens with zero attached hydrogens (tertiary/aromatic N) is 5. The maximum atomic E-state index is 13.5. The van der Waals surface area contributed by atoms with E-state index in [1.165, 1.54) is 17.2 Å². The van der Waals surface area contributed by atoms with Crippen molar-refractivity contribution in [1.29, 1.82) is 0 Å². The standard InChI is InChI=1S/C10H11FN6O/c1-16(2)9(18)7-3-4-17(15-7)8-6(11)5-13-10(12)14-8/h3-5H,1-2H3,(H2,12,13,14). The van der Waals surface area contributed by atoms with Gasteiger partial charge in [-0.1, -0.05) is 0 Å². The Morgan fingerprint density at radius 2 is 2.22 bits per heavy atom. The highest BCUT2D eigenvalue weighted by Gasteiger charge is 2.14. The Labute approximate surface area is 102 Å². The molecule has 18 heavy (non-hydrogen) atoms. The Morgan fingerprint density at radius 1 is 1.50 bits per heavy atom. The summed E-state index contributed by atoms with van der Waals surface area (Å²) in [5.74, 6) is -1.12. The van der Waals surface area contributed by atoms with Crippen molar-refractivity contribution in [1.82, 2.24) is 24.6 Å². The first kappa shape index (κ1) is 12.0. The van der Waals surface area contributed by atoms with Crippen molar-refractivity contribution in [2.75, 3.05) is 19.8 Å². The minimum Gasteiger partial charge on any atom is -0.368 e. The lowest BCUT2D eigenvalue weighted by Crippen LogP contribution is -2.22. The van der Waals surface area contributed by atoms with Crippen LogP contribution in [0.5, 0.6) is 0 Å². The second-order valence-electron chi connectivity index (χ2n) is 3.74. The van der Waals surface area contributed by atoms with Crippen molar-refractivity contribution in [2.45, 2.75) is 0 Å². The number of carbonyl (C=O) groups excluding carboxylic acids is 1. The number of nitrogens with two attached hydrogens (primary N) is 1. The number of carbonyl (C=O) groups is 1. The molecule has 2 rings (SSSR count). The van der Waals surface area contributed by atoms with E-state index in [2.05, 4.69) is 15.1 Å². The van der Waals surface area contributed by atoms with Crippen molar-refractivity contribution in [3.63, 3.8) is 0 Å². The fourth-order valence-corrected chi connectivity index (χ4v) is 1.32. The molecule has 0 saturated carbocycles. The number of rotatable bonds is 2. The molecule has 8 heteroatoms. The van der Waals surface area contributed by atoms with Gasteiger partial charge in [-0.3, -0.25) is 4.79 Å². The Bertz CT molecular complexity index is 594. The lowest BCUT2D eigenvalue weighted by Gasteiger charge is -2.07. The maximum Gasteiger partial charge on any atom is 0.273 e.